The maximum absolute atomic E-state index is 6.34. The first-order valence-corrected chi connectivity index (χ1v) is 7.73. The number of aryl methyl sites for hydroxylation is 2. The maximum Gasteiger partial charge on any atom is 0.119 e. The molecule has 0 aliphatic heterocycles. The van der Waals surface area contributed by atoms with E-state index in [4.69, 9.17) is 15.2 Å². The molecule has 1 aliphatic rings. The largest absolute Gasteiger partial charge is 0.497 e. The van der Waals surface area contributed by atoms with Crippen LogP contribution in [0.3, 0.4) is 0 Å². The van der Waals surface area contributed by atoms with E-state index >= 15 is 0 Å². The molecule has 0 saturated carbocycles. The first kappa shape index (κ1) is 14.9. The highest BCUT2D eigenvalue weighted by Gasteiger charge is 2.27. The normalized spacial score (nSPS) is 15.5. The van der Waals surface area contributed by atoms with Crippen molar-refractivity contribution in [3.8, 4) is 11.5 Å². The lowest BCUT2D eigenvalue weighted by Gasteiger charge is -2.24. The van der Waals surface area contributed by atoms with E-state index in [2.05, 4.69) is 31.2 Å². The second-order valence-corrected chi connectivity index (χ2v) is 5.97. The van der Waals surface area contributed by atoms with Crippen LogP contribution in [0.25, 0.3) is 0 Å². The van der Waals surface area contributed by atoms with Crippen LogP contribution in [0.2, 0.25) is 0 Å². The molecule has 22 heavy (non-hydrogen) atoms. The molecule has 2 N–H and O–H groups in total. The molecule has 0 heterocycles. The summed E-state index contributed by atoms with van der Waals surface area (Å²) in [7, 11) is 3.42. The lowest BCUT2D eigenvalue weighted by Crippen LogP contribution is -2.26. The van der Waals surface area contributed by atoms with Gasteiger partial charge in [0.05, 0.1) is 14.2 Å². The Morgan fingerprint density at radius 2 is 1.36 bits per heavy atom. The molecule has 0 fully saturated rings. The monoisotopic (exact) mass is 297 g/mol. The van der Waals surface area contributed by atoms with Crippen LogP contribution in [0.15, 0.2) is 36.4 Å². The number of ether oxygens (including phenoxy) is 2. The number of methoxy groups -OCH3 is 2. The Balaban J connectivity index is 2.14. The molecule has 1 unspecified atom stereocenters. The summed E-state index contributed by atoms with van der Waals surface area (Å²) in [6.07, 6.45) is 1.99. The third kappa shape index (κ3) is 2.57. The summed E-state index contributed by atoms with van der Waals surface area (Å²) in [5.74, 6) is 2.03. The van der Waals surface area contributed by atoms with Crippen molar-refractivity contribution in [3.05, 3.63) is 58.7 Å². The summed E-state index contributed by atoms with van der Waals surface area (Å²) in [5.41, 5.74) is 11.6. The van der Waals surface area contributed by atoms with Gasteiger partial charge < -0.3 is 15.2 Å². The number of fused-ring (bicyclic) bond motifs is 2. The van der Waals surface area contributed by atoms with E-state index < -0.39 is 0 Å². The molecule has 1 aliphatic carbocycles. The van der Waals surface area contributed by atoms with Gasteiger partial charge in [-0.05, 0) is 66.3 Å². The van der Waals surface area contributed by atoms with E-state index in [-0.39, 0.29) is 12.0 Å². The van der Waals surface area contributed by atoms with Crippen molar-refractivity contribution in [2.75, 3.05) is 14.2 Å². The molecular weight excluding hydrogens is 274 g/mol. The average Bonchev–Trinajstić information content (AvgIpc) is 2.70. The van der Waals surface area contributed by atoms with Crippen LogP contribution in [-0.2, 0) is 12.8 Å². The predicted molar refractivity (Wildman–Crippen MR) is 88.9 cm³/mol. The van der Waals surface area contributed by atoms with Crippen LogP contribution < -0.4 is 15.2 Å². The number of benzene rings is 2. The Bertz CT molecular complexity index is 624. The maximum atomic E-state index is 6.34. The smallest absolute Gasteiger partial charge is 0.119 e. The van der Waals surface area contributed by atoms with Crippen LogP contribution >= 0.6 is 0 Å². The van der Waals surface area contributed by atoms with Gasteiger partial charge in [-0.25, -0.2) is 0 Å². The van der Waals surface area contributed by atoms with Gasteiger partial charge in [-0.1, -0.05) is 12.1 Å². The van der Waals surface area contributed by atoms with Gasteiger partial charge in [0.1, 0.15) is 11.5 Å². The third-order valence-corrected chi connectivity index (χ3v) is 4.56. The first-order chi connectivity index (χ1) is 10.6. The van der Waals surface area contributed by atoms with Gasteiger partial charge >= 0.3 is 0 Å². The molecule has 0 bridgehead atoms. The zero-order valence-corrected chi connectivity index (χ0v) is 13.4. The van der Waals surface area contributed by atoms with E-state index in [1.165, 1.54) is 22.3 Å². The first-order valence-electron chi connectivity index (χ1n) is 7.73. The third-order valence-electron chi connectivity index (χ3n) is 4.56. The second-order valence-electron chi connectivity index (χ2n) is 5.97. The van der Waals surface area contributed by atoms with Gasteiger partial charge in [0, 0.05) is 12.0 Å². The fourth-order valence-electron chi connectivity index (χ4n) is 3.46. The predicted octanol–water partition coefficient (Wildman–Crippen LogP) is 3.28. The minimum Gasteiger partial charge on any atom is -0.497 e. The van der Waals surface area contributed by atoms with Crippen LogP contribution in [0.5, 0.6) is 11.5 Å². The van der Waals surface area contributed by atoms with Crippen molar-refractivity contribution < 1.29 is 9.47 Å². The molecule has 2 aromatic rings. The van der Waals surface area contributed by atoms with Crippen molar-refractivity contribution in [3.63, 3.8) is 0 Å². The molecule has 3 rings (SSSR count). The molecular formula is C19H23NO2. The molecule has 0 spiro atoms. The zero-order chi connectivity index (χ0) is 15.7. The summed E-state index contributed by atoms with van der Waals surface area (Å²) < 4.78 is 10.8. The Morgan fingerprint density at radius 3 is 1.73 bits per heavy atom. The summed E-state index contributed by atoms with van der Waals surface area (Å²) in [5, 5.41) is 0. The Labute approximate surface area is 132 Å². The Morgan fingerprint density at radius 1 is 0.909 bits per heavy atom. The van der Waals surface area contributed by atoms with Gasteiger partial charge in [-0.3, -0.25) is 0 Å². The van der Waals surface area contributed by atoms with Crippen molar-refractivity contribution in [2.24, 2.45) is 5.73 Å². The van der Waals surface area contributed by atoms with Gasteiger partial charge in [-0.2, -0.15) is 0 Å². The van der Waals surface area contributed by atoms with Crippen molar-refractivity contribution in [2.45, 2.75) is 31.7 Å². The molecule has 0 radical (unpaired) electrons. The van der Waals surface area contributed by atoms with Crippen LogP contribution in [0.4, 0.5) is 0 Å². The quantitative estimate of drug-likeness (QED) is 0.945. The van der Waals surface area contributed by atoms with Crippen molar-refractivity contribution in [1.82, 2.24) is 0 Å². The molecule has 0 saturated heterocycles. The van der Waals surface area contributed by atoms with Crippen LogP contribution in [0.1, 0.15) is 35.1 Å². The topological polar surface area (TPSA) is 44.5 Å². The summed E-state index contributed by atoms with van der Waals surface area (Å²) in [6.45, 7) is 2.08. The number of hydrogen-bond acceptors (Lipinski definition) is 3. The highest BCUT2D eigenvalue weighted by atomic mass is 16.5. The van der Waals surface area contributed by atoms with E-state index in [0.717, 1.165) is 24.3 Å². The van der Waals surface area contributed by atoms with Gasteiger partial charge in [-0.15, -0.1) is 0 Å². The SMILES string of the molecule is COc1ccc2c(c1)CCc1cc(OC)ccc1C2C(C)N. The van der Waals surface area contributed by atoms with Gasteiger partial charge in [0.2, 0.25) is 0 Å². The fourth-order valence-corrected chi connectivity index (χ4v) is 3.46. The Kier molecular flexibility index (Phi) is 4.08. The molecule has 3 heteroatoms. The van der Waals surface area contributed by atoms with E-state index in [9.17, 15) is 0 Å². The molecule has 2 aromatic carbocycles. The van der Waals surface area contributed by atoms with Crippen molar-refractivity contribution >= 4 is 0 Å². The standard InChI is InChI=1S/C19H23NO2/c1-12(20)19-17-8-6-15(21-2)10-13(17)4-5-14-11-16(22-3)7-9-18(14)19/h6-12,19H,4-5,20H2,1-3H3. The zero-order valence-electron chi connectivity index (χ0n) is 13.4. The summed E-state index contributed by atoms with van der Waals surface area (Å²) >= 11 is 0. The highest BCUT2D eigenvalue weighted by Crippen LogP contribution is 2.38. The molecule has 3 nitrogen and oxygen atoms in total. The average molecular weight is 297 g/mol. The molecule has 1 atom stereocenters. The number of rotatable bonds is 3. The molecule has 0 amide bonds. The van der Waals surface area contributed by atoms with E-state index in [1.54, 1.807) is 14.2 Å². The summed E-state index contributed by atoms with van der Waals surface area (Å²) in [6, 6.07) is 12.7. The minimum absolute atomic E-state index is 0.0531. The highest BCUT2D eigenvalue weighted by molar-refractivity contribution is 5.50. The van der Waals surface area contributed by atoms with Crippen LogP contribution in [0, 0.1) is 0 Å². The lowest BCUT2D eigenvalue weighted by molar-refractivity contribution is 0.414. The molecule has 0 aromatic heterocycles. The minimum atomic E-state index is 0.0531. The van der Waals surface area contributed by atoms with Crippen LogP contribution in [-0.4, -0.2) is 20.3 Å². The number of nitrogens with two attached hydrogens (primary N) is 1. The second kappa shape index (κ2) is 6.01. The van der Waals surface area contributed by atoms with Crippen molar-refractivity contribution in [1.29, 1.82) is 0 Å². The van der Waals surface area contributed by atoms with Gasteiger partial charge in [0.15, 0.2) is 0 Å². The summed E-state index contributed by atoms with van der Waals surface area (Å²) in [4.78, 5) is 0. The van der Waals surface area contributed by atoms with E-state index in [0.29, 0.717) is 0 Å². The Hall–Kier alpha value is -2.00. The number of hydrogen-bond donors (Lipinski definition) is 1. The van der Waals surface area contributed by atoms with E-state index in [1.807, 2.05) is 12.1 Å². The fraction of sp³-hybridized carbons (Fsp3) is 0.368. The van der Waals surface area contributed by atoms with Gasteiger partial charge in [0.25, 0.3) is 0 Å². The molecule has 116 valence electrons. The lowest BCUT2D eigenvalue weighted by atomic mass is 9.83.